The SMILES string of the molecule is CC(N)C(C)C(=O)NCc1cccnc1Oc1cccc(F)c1. The Hall–Kier alpha value is -2.47. The molecule has 0 bridgehead atoms. The normalized spacial score (nSPS) is 13.2. The molecule has 0 aliphatic rings. The molecule has 5 nitrogen and oxygen atoms in total. The third kappa shape index (κ3) is 4.75. The van der Waals surface area contributed by atoms with Crippen molar-refractivity contribution in [2.24, 2.45) is 11.7 Å². The Bertz CT molecular complexity index is 676. The highest BCUT2D eigenvalue weighted by molar-refractivity contribution is 5.78. The number of rotatable bonds is 6. The van der Waals surface area contributed by atoms with Crippen LogP contribution in [0.1, 0.15) is 19.4 Å². The van der Waals surface area contributed by atoms with Gasteiger partial charge in [0, 0.05) is 36.3 Å². The van der Waals surface area contributed by atoms with Crippen molar-refractivity contribution in [1.82, 2.24) is 10.3 Å². The van der Waals surface area contributed by atoms with Gasteiger partial charge in [0.05, 0.1) is 0 Å². The number of carbonyl (C=O) groups excluding carboxylic acids is 1. The minimum absolute atomic E-state index is 0.138. The Kier molecular flexibility index (Phi) is 5.65. The Balaban J connectivity index is 2.07. The number of nitrogens with one attached hydrogen (secondary N) is 1. The van der Waals surface area contributed by atoms with Gasteiger partial charge in [-0.25, -0.2) is 9.37 Å². The van der Waals surface area contributed by atoms with E-state index in [2.05, 4.69) is 10.3 Å². The maximum Gasteiger partial charge on any atom is 0.224 e. The predicted molar refractivity (Wildman–Crippen MR) is 85.4 cm³/mol. The number of pyridine rings is 1. The van der Waals surface area contributed by atoms with Crippen LogP contribution in [0, 0.1) is 11.7 Å². The Morgan fingerprint density at radius 3 is 2.83 bits per heavy atom. The van der Waals surface area contributed by atoms with Gasteiger partial charge in [-0.2, -0.15) is 0 Å². The van der Waals surface area contributed by atoms with Gasteiger partial charge in [0.15, 0.2) is 0 Å². The van der Waals surface area contributed by atoms with E-state index in [-0.39, 0.29) is 30.2 Å². The molecule has 1 heterocycles. The van der Waals surface area contributed by atoms with Crippen LogP contribution in [-0.4, -0.2) is 16.9 Å². The van der Waals surface area contributed by atoms with Crippen LogP contribution in [0.25, 0.3) is 0 Å². The van der Waals surface area contributed by atoms with Gasteiger partial charge in [-0.15, -0.1) is 0 Å². The van der Waals surface area contributed by atoms with Gasteiger partial charge in [0.25, 0.3) is 0 Å². The van der Waals surface area contributed by atoms with Gasteiger partial charge in [-0.05, 0) is 25.1 Å². The summed E-state index contributed by atoms with van der Waals surface area (Å²) in [6.45, 7) is 3.81. The molecule has 0 fully saturated rings. The number of hydrogen-bond donors (Lipinski definition) is 2. The van der Waals surface area contributed by atoms with Crippen LogP contribution in [0.4, 0.5) is 4.39 Å². The third-order valence-electron chi connectivity index (χ3n) is 3.52. The van der Waals surface area contributed by atoms with Gasteiger partial charge in [-0.3, -0.25) is 4.79 Å². The second-order valence-electron chi connectivity index (χ2n) is 5.39. The molecule has 0 spiro atoms. The third-order valence-corrected chi connectivity index (χ3v) is 3.52. The van der Waals surface area contributed by atoms with Crippen LogP contribution < -0.4 is 15.8 Å². The summed E-state index contributed by atoms with van der Waals surface area (Å²) in [6.07, 6.45) is 1.57. The topological polar surface area (TPSA) is 77.2 Å². The lowest BCUT2D eigenvalue weighted by molar-refractivity contribution is -0.125. The molecule has 0 aliphatic carbocycles. The summed E-state index contributed by atoms with van der Waals surface area (Å²) in [7, 11) is 0. The molecule has 0 radical (unpaired) electrons. The molecule has 0 aliphatic heterocycles. The van der Waals surface area contributed by atoms with E-state index >= 15 is 0 Å². The van der Waals surface area contributed by atoms with E-state index in [0.29, 0.717) is 17.2 Å². The fraction of sp³-hybridized carbons (Fsp3) is 0.294. The molecule has 3 N–H and O–H groups in total. The van der Waals surface area contributed by atoms with Crippen LogP contribution in [0.5, 0.6) is 11.6 Å². The van der Waals surface area contributed by atoms with Crippen LogP contribution in [0.2, 0.25) is 0 Å². The smallest absolute Gasteiger partial charge is 0.224 e. The number of ether oxygens (including phenoxy) is 1. The highest BCUT2D eigenvalue weighted by atomic mass is 19.1. The quantitative estimate of drug-likeness (QED) is 0.858. The summed E-state index contributed by atoms with van der Waals surface area (Å²) in [6, 6.07) is 9.11. The number of benzene rings is 1. The molecule has 2 unspecified atom stereocenters. The van der Waals surface area contributed by atoms with Crippen LogP contribution in [0.15, 0.2) is 42.6 Å². The summed E-state index contributed by atoms with van der Waals surface area (Å²) in [5.74, 6) is -0.147. The van der Waals surface area contributed by atoms with Gasteiger partial charge in [0.2, 0.25) is 11.8 Å². The lowest BCUT2D eigenvalue weighted by atomic mass is 10.0. The summed E-state index contributed by atoms with van der Waals surface area (Å²) >= 11 is 0. The molecule has 2 aromatic rings. The number of aromatic nitrogens is 1. The highest BCUT2D eigenvalue weighted by Crippen LogP contribution is 2.23. The van der Waals surface area contributed by atoms with Gasteiger partial charge in [-0.1, -0.05) is 19.1 Å². The monoisotopic (exact) mass is 317 g/mol. The first-order valence-corrected chi connectivity index (χ1v) is 7.38. The average molecular weight is 317 g/mol. The fourth-order valence-corrected chi connectivity index (χ4v) is 1.87. The fourth-order valence-electron chi connectivity index (χ4n) is 1.87. The number of nitrogens with zero attached hydrogens (tertiary/aromatic N) is 1. The lowest BCUT2D eigenvalue weighted by Gasteiger charge is -2.16. The van der Waals surface area contributed by atoms with Crippen LogP contribution >= 0.6 is 0 Å². The van der Waals surface area contributed by atoms with E-state index in [1.807, 2.05) is 0 Å². The minimum Gasteiger partial charge on any atom is -0.439 e. The second-order valence-corrected chi connectivity index (χ2v) is 5.39. The van der Waals surface area contributed by atoms with Crippen LogP contribution in [0.3, 0.4) is 0 Å². The first kappa shape index (κ1) is 16.9. The number of nitrogens with two attached hydrogens (primary N) is 1. The summed E-state index contributed by atoms with van der Waals surface area (Å²) in [4.78, 5) is 16.1. The zero-order valence-electron chi connectivity index (χ0n) is 13.1. The maximum absolute atomic E-state index is 13.2. The van der Waals surface area contributed by atoms with E-state index in [4.69, 9.17) is 10.5 Å². The summed E-state index contributed by atoms with van der Waals surface area (Å²) < 4.78 is 18.8. The van der Waals surface area contributed by atoms with Crippen molar-refractivity contribution in [2.45, 2.75) is 26.4 Å². The summed E-state index contributed by atoms with van der Waals surface area (Å²) in [5, 5.41) is 2.80. The maximum atomic E-state index is 13.2. The molecule has 122 valence electrons. The molecule has 2 atom stereocenters. The van der Waals surface area contributed by atoms with Crippen molar-refractivity contribution in [3.63, 3.8) is 0 Å². The molecule has 1 aromatic carbocycles. The van der Waals surface area contributed by atoms with E-state index < -0.39 is 0 Å². The van der Waals surface area contributed by atoms with Crippen molar-refractivity contribution in [2.75, 3.05) is 0 Å². The van der Waals surface area contributed by atoms with E-state index in [1.54, 1.807) is 44.3 Å². The molecule has 1 amide bonds. The minimum atomic E-state index is -0.390. The molecule has 1 aromatic heterocycles. The Morgan fingerprint density at radius 1 is 1.35 bits per heavy atom. The van der Waals surface area contributed by atoms with Crippen molar-refractivity contribution >= 4 is 5.91 Å². The molecule has 2 rings (SSSR count). The summed E-state index contributed by atoms with van der Waals surface area (Å²) in [5.41, 5.74) is 6.41. The van der Waals surface area contributed by atoms with Gasteiger partial charge in [0.1, 0.15) is 11.6 Å². The standard InChI is InChI=1S/C17H20FN3O2/c1-11(12(2)19)16(22)21-10-13-5-4-8-20-17(13)23-15-7-3-6-14(18)9-15/h3-9,11-12H,10,19H2,1-2H3,(H,21,22). The second kappa shape index (κ2) is 7.69. The zero-order chi connectivity index (χ0) is 16.8. The Labute approximate surface area is 134 Å². The van der Waals surface area contributed by atoms with Crippen molar-refractivity contribution < 1.29 is 13.9 Å². The molecular formula is C17H20FN3O2. The number of carbonyl (C=O) groups is 1. The zero-order valence-corrected chi connectivity index (χ0v) is 13.1. The van der Waals surface area contributed by atoms with Gasteiger partial charge < -0.3 is 15.8 Å². The van der Waals surface area contributed by atoms with Gasteiger partial charge >= 0.3 is 0 Å². The average Bonchev–Trinajstić information content (AvgIpc) is 2.53. The van der Waals surface area contributed by atoms with E-state index in [1.165, 1.54) is 12.1 Å². The molecule has 6 heteroatoms. The first-order valence-electron chi connectivity index (χ1n) is 7.38. The largest absolute Gasteiger partial charge is 0.439 e. The lowest BCUT2D eigenvalue weighted by Crippen LogP contribution is -2.38. The van der Waals surface area contributed by atoms with Crippen LogP contribution in [-0.2, 0) is 11.3 Å². The predicted octanol–water partition coefficient (Wildman–Crippen LogP) is 2.61. The number of amides is 1. The highest BCUT2D eigenvalue weighted by Gasteiger charge is 2.17. The molecule has 0 saturated heterocycles. The number of halogens is 1. The van der Waals surface area contributed by atoms with Crippen molar-refractivity contribution in [3.05, 3.63) is 54.0 Å². The molecule has 0 saturated carbocycles. The molecule has 23 heavy (non-hydrogen) atoms. The van der Waals surface area contributed by atoms with Crippen molar-refractivity contribution in [3.8, 4) is 11.6 Å². The van der Waals surface area contributed by atoms with E-state index in [0.717, 1.165) is 0 Å². The molecular weight excluding hydrogens is 297 g/mol. The first-order chi connectivity index (χ1) is 11.0. The van der Waals surface area contributed by atoms with Crippen molar-refractivity contribution in [1.29, 1.82) is 0 Å². The number of hydrogen-bond acceptors (Lipinski definition) is 4. The Morgan fingerprint density at radius 2 is 2.13 bits per heavy atom. The van der Waals surface area contributed by atoms with E-state index in [9.17, 15) is 9.18 Å².